The first kappa shape index (κ1) is 16.5. The Balaban J connectivity index is 1.98. The van der Waals surface area contributed by atoms with Crippen LogP contribution in [0.5, 0.6) is 5.75 Å². The summed E-state index contributed by atoms with van der Waals surface area (Å²) >= 11 is 11.6. The lowest BCUT2D eigenvalue weighted by Gasteiger charge is -2.16. The zero-order valence-corrected chi connectivity index (χ0v) is 14.8. The average Bonchev–Trinajstić information content (AvgIpc) is 2.79. The average molecular weight is 359 g/mol. The van der Waals surface area contributed by atoms with Crippen LogP contribution in [0.1, 0.15) is 5.56 Å². The minimum atomic E-state index is -0.166. The number of halogens is 1. The number of ether oxygens (including phenoxy) is 1. The maximum Gasteiger partial charge on any atom is 0.281 e. The second kappa shape index (κ2) is 6.63. The van der Waals surface area contributed by atoms with E-state index in [-0.39, 0.29) is 5.91 Å². The lowest BCUT2D eigenvalue weighted by Crippen LogP contribution is -2.30. The summed E-state index contributed by atoms with van der Waals surface area (Å²) in [6.07, 6.45) is 1.77. The molecule has 1 amide bonds. The molecular weight excluding hydrogens is 344 g/mol. The van der Waals surface area contributed by atoms with Crippen molar-refractivity contribution in [2.24, 2.45) is 0 Å². The van der Waals surface area contributed by atoms with Gasteiger partial charge in [0, 0.05) is 7.05 Å². The fourth-order valence-corrected chi connectivity index (χ4v) is 3.04. The largest absolute Gasteiger partial charge is 0.495 e. The summed E-state index contributed by atoms with van der Waals surface area (Å²) in [6.45, 7) is 0. The molecule has 0 atom stereocenters. The number of thiocarbonyl (C=S) groups is 1. The molecule has 2 aromatic rings. The fourth-order valence-electron chi connectivity index (χ4n) is 2.49. The van der Waals surface area contributed by atoms with E-state index < -0.39 is 0 Å². The Hall–Kier alpha value is -2.37. The van der Waals surface area contributed by atoms with Crippen LogP contribution in [0.4, 0.5) is 5.69 Å². The zero-order valence-electron chi connectivity index (χ0n) is 13.2. The van der Waals surface area contributed by atoms with Gasteiger partial charge < -0.3 is 9.64 Å². The molecule has 24 heavy (non-hydrogen) atoms. The normalized spacial score (nSPS) is 16.2. The number of benzene rings is 2. The molecule has 1 aliphatic heterocycles. The van der Waals surface area contributed by atoms with Crippen molar-refractivity contribution in [1.82, 2.24) is 4.90 Å². The molecule has 3 rings (SSSR count). The number of para-hydroxylation sites is 1. The second-order valence-corrected chi connectivity index (χ2v) is 6.01. The topological polar surface area (TPSA) is 32.8 Å². The Morgan fingerprint density at radius 1 is 1.17 bits per heavy atom. The van der Waals surface area contributed by atoms with E-state index in [1.54, 1.807) is 37.3 Å². The number of anilines is 1. The van der Waals surface area contributed by atoms with Gasteiger partial charge in [0.05, 0.1) is 17.8 Å². The molecule has 4 nitrogen and oxygen atoms in total. The highest BCUT2D eigenvalue weighted by Gasteiger charge is 2.36. The van der Waals surface area contributed by atoms with Crippen molar-refractivity contribution in [3.63, 3.8) is 0 Å². The number of hydrogen-bond donors (Lipinski definition) is 0. The van der Waals surface area contributed by atoms with E-state index in [1.165, 1.54) is 4.90 Å². The molecule has 0 spiro atoms. The highest BCUT2D eigenvalue weighted by molar-refractivity contribution is 7.80. The third-order valence-electron chi connectivity index (χ3n) is 3.76. The van der Waals surface area contributed by atoms with Crippen LogP contribution in [0.3, 0.4) is 0 Å². The summed E-state index contributed by atoms with van der Waals surface area (Å²) in [4.78, 5) is 16.0. The summed E-state index contributed by atoms with van der Waals surface area (Å²) in [5, 5.41) is 0.930. The van der Waals surface area contributed by atoms with Gasteiger partial charge in [-0.15, -0.1) is 0 Å². The van der Waals surface area contributed by atoms with E-state index in [9.17, 15) is 4.79 Å². The van der Waals surface area contributed by atoms with Crippen LogP contribution in [0.2, 0.25) is 5.02 Å². The monoisotopic (exact) mass is 358 g/mol. The standard InChI is InChI=1S/C18H15ClN2O2S/c1-20-15(11-12-8-9-16(23-2)14(19)10-12)17(22)21(18(20)24)13-6-4-3-5-7-13/h3-11H,1-2H3/b15-11+. The Labute approximate surface area is 150 Å². The van der Waals surface area contributed by atoms with E-state index in [0.29, 0.717) is 21.6 Å². The first-order valence-corrected chi connectivity index (χ1v) is 8.04. The lowest BCUT2D eigenvalue weighted by atomic mass is 10.1. The number of carbonyl (C=O) groups excluding carboxylic acids is 1. The molecule has 0 saturated carbocycles. The maximum absolute atomic E-state index is 12.8. The van der Waals surface area contributed by atoms with Crippen molar-refractivity contribution >= 4 is 46.6 Å². The molecule has 0 unspecified atom stereocenters. The second-order valence-electron chi connectivity index (χ2n) is 5.24. The Bertz CT molecular complexity index is 836. The molecule has 6 heteroatoms. The van der Waals surface area contributed by atoms with E-state index in [2.05, 4.69) is 0 Å². The van der Waals surface area contributed by atoms with Crippen LogP contribution >= 0.6 is 23.8 Å². The summed E-state index contributed by atoms with van der Waals surface area (Å²) in [5.41, 5.74) is 2.04. The molecule has 1 aliphatic rings. The Kier molecular flexibility index (Phi) is 4.55. The molecule has 0 bridgehead atoms. The van der Waals surface area contributed by atoms with Crippen LogP contribution in [0, 0.1) is 0 Å². The quantitative estimate of drug-likeness (QED) is 0.614. The van der Waals surface area contributed by atoms with Crippen LogP contribution in [-0.4, -0.2) is 30.1 Å². The van der Waals surface area contributed by atoms with Gasteiger partial charge >= 0.3 is 0 Å². The summed E-state index contributed by atoms with van der Waals surface area (Å²) in [6, 6.07) is 14.7. The Morgan fingerprint density at radius 3 is 2.50 bits per heavy atom. The first-order chi connectivity index (χ1) is 11.5. The molecule has 0 aromatic heterocycles. The van der Waals surface area contributed by atoms with Gasteiger partial charge in [-0.2, -0.15) is 0 Å². The predicted molar refractivity (Wildman–Crippen MR) is 100 cm³/mol. The smallest absolute Gasteiger partial charge is 0.281 e. The van der Waals surface area contributed by atoms with Crippen molar-refractivity contribution in [2.75, 3.05) is 19.1 Å². The SMILES string of the molecule is COc1ccc(/C=C2\C(=O)N(c3ccccc3)C(=S)N2C)cc1Cl. The third kappa shape index (κ3) is 2.88. The molecular formula is C18H15ClN2O2S. The predicted octanol–water partition coefficient (Wildman–Crippen LogP) is 3.95. The van der Waals surface area contributed by atoms with E-state index in [0.717, 1.165) is 11.3 Å². The van der Waals surface area contributed by atoms with Crippen molar-refractivity contribution in [2.45, 2.75) is 0 Å². The lowest BCUT2D eigenvalue weighted by molar-refractivity contribution is -0.114. The number of rotatable bonds is 3. The highest BCUT2D eigenvalue weighted by Crippen LogP contribution is 2.30. The highest BCUT2D eigenvalue weighted by atomic mass is 35.5. The maximum atomic E-state index is 12.8. The van der Waals surface area contributed by atoms with Gasteiger partial charge in [-0.25, -0.2) is 0 Å². The van der Waals surface area contributed by atoms with Crippen LogP contribution in [0.15, 0.2) is 54.2 Å². The molecule has 0 radical (unpaired) electrons. The first-order valence-electron chi connectivity index (χ1n) is 7.25. The van der Waals surface area contributed by atoms with Crippen molar-refractivity contribution in [1.29, 1.82) is 0 Å². The molecule has 1 heterocycles. The third-order valence-corrected chi connectivity index (χ3v) is 4.51. The minimum absolute atomic E-state index is 0.166. The number of methoxy groups -OCH3 is 1. The van der Waals surface area contributed by atoms with Gasteiger partial charge in [0.25, 0.3) is 5.91 Å². The molecule has 2 aromatic carbocycles. The van der Waals surface area contributed by atoms with Crippen molar-refractivity contribution in [3.8, 4) is 5.75 Å². The molecule has 0 aliphatic carbocycles. The van der Waals surface area contributed by atoms with Gasteiger partial charge in [-0.1, -0.05) is 35.9 Å². The van der Waals surface area contributed by atoms with Gasteiger partial charge in [0.1, 0.15) is 11.4 Å². The zero-order chi connectivity index (χ0) is 17.3. The van der Waals surface area contributed by atoms with Gasteiger partial charge in [0.15, 0.2) is 5.11 Å². The number of hydrogen-bond acceptors (Lipinski definition) is 3. The van der Waals surface area contributed by atoms with Gasteiger partial charge in [-0.3, -0.25) is 9.69 Å². The van der Waals surface area contributed by atoms with Gasteiger partial charge in [-0.05, 0) is 48.1 Å². The molecule has 122 valence electrons. The summed E-state index contributed by atoms with van der Waals surface area (Å²) in [7, 11) is 3.34. The van der Waals surface area contributed by atoms with Crippen molar-refractivity contribution in [3.05, 3.63) is 64.8 Å². The minimum Gasteiger partial charge on any atom is -0.495 e. The number of likely N-dealkylation sites (N-methyl/N-ethyl adjacent to an activating group) is 1. The number of carbonyl (C=O) groups is 1. The number of nitrogens with zero attached hydrogens (tertiary/aromatic N) is 2. The number of amides is 1. The van der Waals surface area contributed by atoms with Crippen molar-refractivity contribution < 1.29 is 9.53 Å². The van der Waals surface area contributed by atoms with Crippen LogP contribution in [-0.2, 0) is 4.79 Å². The summed E-state index contributed by atoms with van der Waals surface area (Å²) in [5.74, 6) is 0.423. The Morgan fingerprint density at radius 2 is 1.88 bits per heavy atom. The van der Waals surface area contributed by atoms with Crippen LogP contribution in [0.25, 0.3) is 6.08 Å². The van der Waals surface area contributed by atoms with E-state index >= 15 is 0 Å². The molecule has 0 N–H and O–H groups in total. The molecule has 1 fully saturated rings. The van der Waals surface area contributed by atoms with E-state index in [4.69, 9.17) is 28.6 Å². The van der Waals surface area contributed by atoms with E-state index in [1.807, 2.05) is 36.4 Å². The van der Waals surface area contributed by atoms with Gasteiger partial charge in [0.2, 0.25) is 0 Å². The molecule has 1 saturated heterocycles. The fraction of sp³-hybridized carbons (Fsp3) is 0.111. The summed E-state index contributed by atoms with van der Waals surface area (Å²) < 4.78 is 5.15. The van der Waals surface area contributed by atoms with Crippen LogP contribution < -0.4 is 9.64 Å².